The van der Waals surface area contributed by atoms with Crippen LogP contribution >= 0.6 is 0 Å². The van der Waals surface area contributed by atoms with Gasteiger partial charge >= 0.3 is 0 Å². The lowest BCUT2D eigenvalue weighted by Crippen LogP contribution is -2.49. The predicted molar refractivity (Wildman–Crippen MR) is 117 cm³/mol. The average molecular weight is 404 g/mol. The topological polar surface area (TPSA) is 77.9 Å². The van der Waals surface area contributed by atoms with Crippen LogP contribution in [0.15, 0.2) is 23.5 Å². The molecule has 2 N–H and O–H groups in total. The Morgan fingerprint density at radius 1 is 1.17 bits per heavy atom. The van der Waals surface area contributed by atoms with Crippen LogP contribution in [-0.4, -0.2) is 86.9 Å². The van der Waals surface area contributed by atoms with Gasteiger partial charge in [0.1, 0.15) is 0 Å². The van der Waals surface area contributed by atoms with Crippen molar-refractivity contribution in [2.45, 2.75) is 32.6 Å². The number of aliphatic imine (C=N–C) groups is 1. The molecule has 0 radical (unpaired) electrons. The van der Waals surface area contributed by atoms with Crippen molar-refractivity contribution < 1.29 is 4.74 Å². The lowest BCUT2D eigenvalue weighted by atomic mass is 9.67. The zero-order valence-electron chi connectivity index (χ0n) is 18.1. The quantitative estimate of drug-likeness (QED) is 0.451. The Kier molecular flexibility index (Phi) is 8.49. The van der Waals surface area contributed by atoms with Gasteiger partial charge in [0.25, 0.3) is 0 Å². The van der Waals surface area contributed by atoms with E-state index >= 15 is 0 Å². The van der Waals surface area contributed by atoms with E-state index in [-0.39, 0.29) is 0 Å². The maximum Gasteiger partial charge on any atom is 0.225 e. The fourth-order valence-electron chi connectivity index (χ4n) is 4.03. The summed E-state index contributed by atoms with van der Waals surface area (Å²) in [7, 11) is 1.79. The highest BCUT2D eigenvalue weighted by Crippen LogP contribution is 2.44. The number of nitrogens with one attached hydrogen (secondary N) is 2. The first kappa shape index (κ1) is 21.8. The monoisotopic (exact) mass is 403 g/mol. The number of guanidine groups is 1. The van der Waals surface area contributed by atoms with Crippen LogP contribution in [0.2, 0.25) is 0 Å². The smallest absolute Gasteiger partial charge is 0.225 e. The number of anilines is 1. The third-order valence-corrected chi connectivity index (χ3v) is 6.10. The lowest BCUT2D eigenvalue weighted by Gasteiger charge is -2.40. The van der Waals surface area contributed by atoms with Gasteiger partial charge in [0, 0.05) is 78.5 Å². The zero-order chi connectivity index (χ0) is 20.4. The van der Waals surface area contributed by atoms with Gasteiger partial charge in [-0.1, -0.05) is 6.42 Å². The normalized spacial score (nSPS) is 19.7. The molecular formula is C21H37N7O. The first-order chi connectivity index (χ1) is 14.2. The van der Waals surface area contributed by atoms with Crippen LogP contribution in [0.3, 0.4) is 0 Å². The van der Waals surface area contributed by atoms with Gasteiger partial charge in [-0.25, -0.2) is 9.97 Å². The highest BCUT2D eigenvalue weighted by atomic mass is 16.5. The van der Waals surface area contributed by atoms with Crippen LogP contribution < -0.4 is 15.5 Å². The summed E-state index contributed by atoms with van der Waals surface area (Å²) in [4.78, 5) is 18.3. The molecule has 0 spiro atoms. The molecular weight excluding hydrogens is 366 g/mol. The van der Waals surface area contributed by atoms with E-state index in [9.17, 15) is 0 Å². The Labute approximate surface area is 175 Å². The highest BCUT2D eigenvalue weighted by molar-refractivity contribution is 5.79. The van der Waals surface area contributed by atoms with Crippen LogP contribution in [0.25, 0.3) is 0 Å². The number of methoxy groups -OCH3 is 1. The van der Waals surface area contributed by atoms with E-state index in [2.05, 4.69) is 37.3 Å². The molecule has 8 nitrogen and oxygen atoms in total. The van der Waals surface area contributed by atoms with Gasteiger partial charge in [-0.05, 0) is 37.7 Å². The number of ether oxygens (including phenoxy) is 1. The number of hydrogen-bond acceptors (Lipinski definition) is 6. The Hall–Kier alpha value is -1.93. The summed E-state index contributed by atoms with van der Waals surface area (Å²) in [6.45, 7) is 10.7. The first-order valence-corrected chi connectivity index (χ1v) is 11.0. The maximum atomic E-state index is 5.30. The predicted octanol–water partition coefficient (Wildman–Crippen LogP) is 1.36. The number of aromatic nitrogens is 2. The van der Waals surface area contributed by atoms with Gasteiger partial charge in [-0.3, -0.25) is 9.89 Å². The Bertz CT molecular complexity index is 613. The highest BCUT2D eigenvalue weighted by Gasteiger charge is 2.36. The average Bonchev–Trinajstić information content (AvgIpc) is 2.74. The van der Waals surface area contributed by atoms with Crippen LogP contribution in [0.4, 0.5) is 5.95 Å². The molecule has 1 aliphatic carbocycles. The standard InChI is InChI=1S/C21H37N7O/c1-3-22-19(26-18-21(6-4-7-21)8-17-29-2)23-11-12-27-13-15-28(16-14-27)20-24-9-5-10-25-20/h5,9-10H,3-4,6-8,11-18H2,1-2H3,(H2,22,23,26). The van der Waals surface area contributed by atoms with Gasteiger partial charge in [-0.15, -0.1) is 0 Å². The third kappa shape index (κ3) is 6.54. The fourth-order valence-corrected chi connectivity index (χ4v) is 4.03. The molecule has 0 aromatic carbocycles. The van der Waals surface area contributed by atoms with E-state index in [0.29, 0.717) is 5.41 Å². The molecule has 0 bridgehead atoms. The molecule has 3 rings (SSSR count). The van der Waals surface area contributed by atoms with E-state index in [1.165, 1.54) is 19.3 Å². The summed E-state index contributed by atoms with van der Waals surface area (Å²) in [6, 6.07) is 1.86. The van der Waals surface area contributed by atoms with Crippen LogP contribution in [-0.2, 0) is 4.74 Å². The second-order valence-corrected chi connectivity index (χ2v) is 8.10. The first-order valence-electron chi connectivity index (χ1n) is 11.0. The third-order valence-electron chi connectivity index (χ3n) is 6.10. The Morgan fingerprint density at radius 3 is 2.55 bits per heavy atom. The minimum absolute atomic E-state index is 0.355. The molecule has 8 heteroatoms. The molecule has 29 heavy (non-hydrogen) atoms. The summed E-state index contributed by atoms with van der Waals surface area (Å²) < 4.78 is 5.30. The Morgan fingerprint density at radius 2 is 1.93 bits per heavy atom. The molecule has 0 unspecified atom stereocenters. The molecule has 162 valence electrons. The van der Waals surface area contributed by atoms with Crippen molar-refractivity contribution in [3.8, 4) is 0 Å². The molecule has 0 amide bonds. The van der Waals surface area contributed by atoms with Crippen molar-refractivity contribution >= 4 is 11.9 Å². The molecule has 2 aliphatic rings. The second kappa shape index (κ2) is 11.3. The number of nitrogens with zero attached hydrogens (tertiary/aromatic N) is 5. The van der Waals surface area contributed by atoms with E-state index in [1.54, 1.807) is 7.11 Å². The van der Waals surface area contributed by atoms with Gasteiger partial charge in [0.05, 0.1) is 0 Å². The molecule has 1 saturated heterocycles. The van der Waals surface area contributed by atoms with Gasteiger partial charge in [0.15, 0.2) is 5.96 Å². The minimum Gasteiger partial charge on any atom is -0.385 e. The van der Waals surface area contributed by atoms with Crippen molar-refractivity contribution in [1.82, 2.24) is 25.5 Å². The summed E-state index contributed by atoms with van der Waals surface area (Å²) >= 11 is 0. The largest absolute Gasteiger partial charge is 0.385 e. The number of piperazine rings is 1. The van der Waals surface area contributed by atoms with E-state index < -0.39 is 0 Å². The van der Waals surface area contributed by atoms with Crippen molar-refractivity contribution in [2.24, 2.45) is 10.4 Å². The number of rotatable bonds is 10. The summed E-state index contributed by atoms with van der Waals surface area (Å²) in [5, 5.41) is 6.91. The van der Waals surface area contributed by atoms with Gasteiger partial charge < -0.3 is 20.3 Å². The van der Waals surface area contributed by atoms with Crippen molar-refractivity contribution in [3.63, 3.8) is 0 Å². The lowest BCUT2D eigenvalue weighted by molar-refractivity contribution is 0.0778. The van der Waals surface area contributed by atoms with Gasteiger partial charge in [-0.2, -0.15) is 0 Å². The fraction of sp³-hybridized carbons (Fsp3) is 0.762. The summed E-state index contributed by atoms with van der Waals surface area (Å²) in [5.41, 5.74) is 0.355. The molecule has 1 aromatic heterocycles. The molecule has 1 aliphatic heterocycles. The summed E-state index contributed by atoms with van der Waals surface area (Å²) in [5.74, 6) is 1.78. The van der Waals surface area contributed by atoms with Crippen molar-refractivity contribution in [2.75, 3.05) is 71.0 Å². The van der Waals surface area contributed by atoms with Crippen LogP contribution in [0.1, 0.15) is 32.6 Å². The second-order valence-electron chi connectivity index (χ2n) is 8.10. The van der Waals surface area contributed by atoms with E-state index in [0.717, 1.165) is 77.3 Å². The summed E-state index contributed by atoms with van der Waals surface area (Å²) in [6.07, 6.45) is 8.60. The molecule has 1 aromatic rings. The maximum absolute atomic E-state index is 5.30. The van der Waals surface area contributed by atoms with E-state index in [4.69, 9.17) is 9.73 Å². The molecule has 2 fully saturated rings. The molecule has 1 saturated carbocycles. The van der Waals surface area contributed by atoms with Crippen LogP contribution in [0, 0.1) is 5.41 Å². The van der Waals surface area contributed by atoms with Crippen LogP contribution in [0.5, 0.6) is 0 Å². The van der Waals surface area contributed by atoms with Gasteiger partial charge in [0.2, 0.25) is 5.95 Å². The minimum atomic E-state index is 0.355. The molecule has 2 heterocycles. The zero-order valence-corrected chi connectivity index (χ0v) is 18.1. The number of hydrogen-bond donors (Lipinski definition) is 2. The van der Waals surface area contributed by atoms with E-state index in [1.807, 2.05) is 18.5 Å². The van der Waals surface area contributed by atoms with Crippen molar-refractivity contribution in [1.29, 1.82) is 0 Å². The SMILES string of the molecule is CCNC(=NCC1(CCOC)CCC1)NCCN1CCN(c2ncccn2)CC1. The van der Waals surface area contributed by atoms with Crippen molar-refractivity contribution in [3.05, 3.63) is 18.5 Å². The molecule has 0 atom stereocenters. The Balaban J connectivity index is 1.39.